The number of rotatable bonds is 3. The molecule has 94 valence electrons. The van der Waals surface area contributed by atoms with Crippen molar-refractivity contribution in [2.24, 2.45) is 0 Å². The van der Waals surface area contributed by atoms with Gasteiger partial charge in [-0.3, -0.25) is 4.90 Å². The Hall–Kier alpha value is -0.350. The fourth-order valence-electron chi connectivity index (χ4n) is 2.08. The van der Waals surface area contributed by atoms with E-state index in [1.807, 2.05) is 0 Å². The van der Waals surface area contributed by atoms with E-state index >= 15 is 0 Å². The molecule has 1 aromatic heterocycles. The van der Waals surface area contributed by atoms with Crippen molar-refractivity contribution in [3.63, 3.8) is 0 Å². The highest BCUT2D eigenvalue weighted by Crippen LogP contribution is 2.22. The molecule has 0 atom stereocenters. The molecule has 0 aliphatic carbocycles. The highest BCUT2D eigenvalue weighted by Gasteiger charge is 2.19. The molecule has 1 aliphatic heterocycles. The summed E-state index contributed by atoms with van der Waals surface area (Å²) in [7, 11) is 2.11. The van der Waals surface area contributed by atoms with Gasteiger partial charge in [0.05, 0.1) is 0 Å². The maximum Gasteiger partial charge on any atom is 0.130 e. The Balaban J connectivity index is 1.99. The van der Waals surface area contributed by atoms with Crippen LogP contribution in [0.1, 0.15) is 18.4 Å². The molecular formula is C12H16Cl2N2O. The van der Waals surface area contributed by atoms with Crippen LogP contribution in [0, 0.1) is 0 Å². The van der Waals surface area contributed by atoms with Gasteiger partial charge in [0.1, 0.15) is 5.15 Å². The Morgan fingerprint density at radius 2 is 2.12 bits per heavy atom. The summed E-state index contributed by atoms with van der Waals surface area (Å²) in [5, 5.41) is 1.12. The zero-order valence-corrected chi connectivity index (χ0v) is 11.3. The first kappa shape index (κ1) is 13.1. The van der Waals surface area contributed by atoms with E-state index in [0.29, 0.717) is 16.2 Å². The number of nitrogens with zero attached hydrogens (tertiary/aromatic N) is 2. The minimum atomic E-state index is 0.437. The summed E-state index contributed by atoms with van der Waals surface area (Å²) >= 11 is 11.9. The van der Waals surface area contributed by atoms with Crippen LogP contribution in [0.15, 0.2) is 12.3 Å². The van der Waals surface area contributed by atoms with Crippen molar-refractivity contribution in [3.8, 4) is 0 Å². The second-order valence-electron chi connectivity index (χ2n) is 4.36. The molecular weight excluding hydrogens is 259 g/mol. The van der Waals surface area contributed by atoms with Crippen molar-refractivity contribution in [1.29, 1.82) is 0 Å². The number of hydrogen-bond donors (Lipinski definition) is 0. The van der Waals surface area contributed by atoms with E-state index in [0.717, 1.165) is 38.2 Å². The van der Waals surface area contributed by atoms with Crippen molar-refractivity contribution < 1.29 is 4.74 Å². The summed E-state index contributed by atoms with van der Waals surface area (Å²) in [5.41, 5.74) is 1.02. The third-order valence-electron chi connectivity index (χ3n) is 3.13. The molecule has 0 aromatic carbocycles. The molecule has 0 bridgehead atoms. The van der Waals surface area contributed by atoms with Crippen molar-refractivity contribution in [3.05, 3.63) is 28.0 Å². The van der Waals surface area contributed by atoms with Gasteiger partial charge >= 0.3 is 0 Å². The van der Waals surface area contributed by atoms with E-state index in [9.17, 15) is 0 Å². The number of ether oxygens (including phenoxy) is 1. The lowest BCUT2D eigenvalue weighted by Crippen LogP contribution is -2.36. The molecule has 3 nitrogen and oxygen atoms in total. The smallest absolute Gasteiger partial charge is 0.130 e. The van der Waals surface area contributed by atoms with Crippen LogP contribution in [0.5, 0.6) is 0 Å². The molecule has 0 unspecified atom stereocenters. The summed E-state index contributed by atoms with van der Waals surface area (Å²) < 4.78 is 5.36. The first-order valence-electron chi connectivity index (χ1n) is 5.74. The van der Waals surface area contributed by atoms with Gasteiger partial charge in [-0.25, -0.2) is 4.98 Å². The minimum Gasteiger partial charge on any atom is -0.381 e. The van der Waals surface area contributed by atoms with Gasteiger partial charge in [0.15, 0.2) is 0 Å². The average Bonchev–Trinajstić information content (AvgIpc) is 2.34. The van der Waals surface area contributed by atoms with Crippen LogP contribution < -0.4 is 0 Å². The largest absolute Gasteiger partial charge is 0.381 e. The van der Waals surface area contributed by atoms with E-state index in [-0.39, 0.29) is 0 Å². The lowest BCUT2D eigenvalue weighted by molar-refractivity contribution is 0.0407. The monoisotopic (exact) mass is 274 g/mol. The van der Waals surface area contributed by atoms with Gasteiger partial charge in [0.2, 0.25) is 0 Å². The first-order chi connectivity index (χ1) is 8.16. The summed E-state index contributed by atoms with van der Waals surface area (Å²) in [5.74, 6) is 0. The SMILES string of the molecule is CN(Cc1cnc(Cl)cc1Cl)C1CCOCC1. The van der Waals surface area contributed by atoms with Crippen LogP contribution in [0.3, 0.4) is 0 Å². The number of pyridine rings is 1. The molecule has 0 N–H and O–H groups in total. The van der Waals surface area contributed by atoms with E-state index < -0.39 is 0 Å². The standard InChI is InChI=1S/C12H16Cl2N2O/c1-16(10-2-4-17-5-3-10)8-9-7-15-12(14)6-11(9)13/h6-7,10H,2-5,8H2,1H3. The van der Waals surface area contributed by atoms with Crippen molar-refractivity contribution in [2.45, 2.75) is 25.4 Å². The van der Waals surface area contributed by atoms with E-state index in [2.05, 4.69) is 16.9 Å². The van der Waals surface area contributed by atoms with Gasteiger partial charge in [-0.1, -0.05) is 23.2 Å². The Labute approximate surface area is 112 Å². The van der Waals surface area contributed by atoms with Crippen molar-refractivity contribution >= 4 is 23.2 Å². The summed E-state index contributed by atoms with van der Waals surface area (Å²) in [6.07, 6.45) is 3.91. The molecule has 2 rings (SSSR count). The number of aromatic nitrogens is 1. The van der Waals surface area contributed by atoms with E-state index in [1.165, 1.54) is 0 Å². The maximum atomic E-state index is 6.14. The third-order valence-corrected chi connectivity index (χ3v) is 3.69. The van der Waals surface area contributed by atoms with Crippen molar-refractivity contribution in [1.82, 2.24) is 9.88 Å². The maximum absolute atomic E-state index is 6.14. The van der Waals surface area contributed by atoms with E-state index in [4.69, 9.17) is 27.9 Å². The van der Waals surface area contributed by atoms with Crippen LogP contribution >= 0.6 is 23.2 Å². The molecule has 1 aromatic rings. The number of halogens is 2. The molecule has 17 heavy (non-hydrogen) atoms. The van der Waals surface area contributed by atoms with Gasteiger partial charge < -0.3 is 4.74 Å². The Morgan fingerprint density at radius 1 is 1.41 bits per heavy atom. The fraction of sp³-hybridized carbons (Fsp3) is 0.583. The first-order valence-corrected chi connectivity index (χ1v) is 6.50. The van der Waals surface area contributed by atoms with Crippen LogP contribution in [0.2, 0.25) is 10.2 Å². The van der Waals surface area contributed by atoms with E-state index in [1.54, 1.807) is 12.3 Å². The van der Waals surface area contributed by atoms with Gasteiger partial charge in [-0.15, -0.1) is 0 Å². The van der Waals surface area contributed by atoms with Crippen LogP contribution in [0.25, 0.3) is 0 Å². The van der Waals surface area contributed by atoms with Gasteiger partial charge in [-0.2, -0.15) is 0 Å². The predicted octanol–water partition coefficient (Wildman–Crippen LogP) is 3.00. The molecule has 1 saturated heterocycles. The summed E-state index contributed by atoms with van der Waals surface area (Å²) in [6, 6.07) is 2.26. The Bertz CT molecular complexity index is 381. The highest BCUT2D eigenvalue weighted by molar-refractivity contribution is 6.34. The molecule has 0 amide bonds. The topological polar surface area (TPSA) is 25.4 Å². The predicted molar refractivity (Wildman–Crippen MR) is 69.6 cm³/mol. The number of hydrogen-bond acceptors (Lipinski definition) is 3. The van der Waals surface area contributed by atoms with Crippen LogP contribution in [-0.2, 0) is 11.3 Å². The average molecular weight is 275 g/mol. The molecule has 5 heteroatoms. The van der Waals surface area contributed by atoms with Crippen LogP contribution in [0.4, 0.5) is 0 Å². The third kappa shape index (κ3) is 3.55. The molecule has 1 fully saturated rings. The molecule has 0 radical (unpaired) electrons. The summed E-state index contributed by atoms with van der Waals surface area (Å²) in [6.45, 7) is 2.50. The fourth-order valence-corrected chi connectivity index (χ4v) is 2.50. The molecule has 1 aliphatic rings. The summed E-state index contributed by atoms with van der Waals surface area (Å²) in [4.78, 5) is 6.37. The second-order valence-corrected chi connectivity index (χ2v) is 5.15. The Kier molecular flexibility index (Phi) is 4.62. The zero-order chi connectivity index (χ0) is 12.3. The lowest BCUT2D eigenvalue weighted by Gasteiger charge is -2.31. The van der Waals surface area contributed by atoms with Gasteiger partial charge in [-0.05, 0) is 26.0 Å². The molecule has 0 spiro atoms. The molecule has 0 saturated carbocycles. The minimum absolute atomic E-state index is 0.437. The molecule has 2 heterocycles. The van der Waals surface area contributed by atoms with Crippen LogP contribution in [-0.4, -0.2) is 36.2 Å². The Morgan fingerprint density at radius 3 is 2.76 bits per heavy atom. The second kappa shape index (κ2) is 6.01. The zero-order valence-electron chi connectivity index (χ0n) is 9.83. The lowest BCUT2D eigenvalue weighted by atomic mass is 10.1. The highest BCUT2D eigenvalue weighted by atomic mass is 35.5. The van der Waals surface area contributed by atoms with Gasteiger partial charge in [0.25, 0.3) is 0 Å². The van der Waals surface area contributed by atoms with Crippen molar-refractivity contribution in [2.75, 3.05) is 20.3 Å². The normalized spacial score (nSPS) is 17.6. The van der Waals surface area contributed by atoms with Gasteiger partial charge in [0, 0.05) is 42.6 Å². The quantitative estimate of drug-likeness (QED) is 0.793.